The Hall–Kier alpha value is -3.15. The van der Waals surface area contributed by atoms with E-state index in [0.717, 1.165) is 42.8 Å². The Morgan fingerprint density at radius 1 is 0.900 bits per heavy atom. The molecule has 1 aromatic carbocycles. The van der Waals surface area contributed by atoms with E-state index in [1.165, 1.54) is 5.69 Å². The fourth-order valence-corrected chi connectivity index (χ4v) is 11.6. The predicted octanol–water partition coefficient (Wildman–Crippen LogP) is 6.44. The average Bonchev–Trinajstić information content (AvgIpc) is 2.89. The van der Waals surface area contributed by atoms with Gasteiger partial charge in [0.1, 0.15) is 13.7 Å². The Bertz CT molecular complexity index is 1420. The van der Waals surface area contributed by atoms with E-state index in [2.05, 4.69) is 104 Å². The van der Waals surface area contributed by atoms with E-state index < -0.39 is 8.07 Å². The van der Waals surface area contributed by atoms with Gasteiger partial charge in [-0.25, -0.2) is 4.98 Å². The molecule has 0 radical (unpaired) electrons. The van der Waals surface area contributed by atoms with Crippen molar-refractivity contribution >= 4 is 36.4 Å². The van der Waals surface area contributed by atoms with E-state index in [1.807, 2.05) is 20.0 Å². The number of pyridine rings is 1. The zero-order chi connectivity index (χ0) is 29.2. The van der Waals surface area contributed by atoms with Gasteiger partial charge in [-0.1, -0.05) is 47.5 Å². The van der Waals surface area contributed by atoms with Crippen LogP contribution in [0.2, 0.25) is 16.6 Å². The van der Waals surface area contributed by atoms with Crippen LogP contribution >= 0.6 is 0 Å². The van der Waals surface area contributed by atoms with E-state index in [9.17, 15) is 4.79 Å². The van der Waals surface area contributed by atoms with Gasteiger partial charge in [0.05, 0.1) is 5.39 Å². The van der Waals surface area contributed by atoms with Crippen LogP contribution in [0.1, 0.15) is 67.0 Å². The fraction of sp³-hybridized carbons (Fsp3) is 0.531. The maximum atomic E-state index is 13.3. The molecule has 3 heterocycles. The SMILES string of the molecule is CC(C)n1c(=O)cc(C#C[Si](C(C)C)(C(C)C)C(C)C)c2cnc(Nc3ccc(N4CCN(C)CC4)cc3)nc21. The Labute approximate surface area is 241 Å². The number of hydrogen-bond donors (Lipinski definition) is 1. The first-order valence-electron chi connectivity index (χ1n) is 14.7. The van der Waals surface area contributed by atoms with Gasteiger partial charge in [-0.3, -0.25) is 9.36 Å². The number of benzene rings is 1. The number of rotatable bonds is 7. The van der Waals surface area contributed by atoms with E-state index in [0.29, 0.717) is 28.2 Å². The van der Waals surface area contributed by atoms with Gasteiger partial charge < -0.3 is 15.1 Å². The second kappa shape index (κ2) is 12.2. The van der Waals surface area contributed by atoms with Crippen LogP contribution in [-0.4, -0.2) is 60.7 Å². The number of aromatic nitrogens is 3. The first-order chi connectivity index (χ1) is 18.9. The molecule has 0 aliphatic carbocycles. The second-order valence-corrected chi connectivity index (χ2v) is 18.0. The number of nitrogens with one attached hydrogen (secondary N) is 1. The van der Waals surface area contributed by atoms with Crippen LogP contribution in [0.5, 0.6) is 0 Å². The lowest BCUT2D eigenvalue weighted by Crippen LogP contribution is -2.44. The monoisotopic (exact) mass is 558 g/mol. The summed E-state index contributed by atoms with van der Waals surface area (Å²) in [6.07, 6.45) is 1.81. The number of hydrogen-bond acceptors (Lipinski definition) is 6. The topological polar surface area (TPSA) is 66.3 Å². The molecule has 1 N–H and O–H groups in total. The molecular formula is C32H46N6OSi. The molecule has 0 atom stereocenters. The van der Waals surface area contributed by atoms with Crippen LogP contribution in [0.15, 0.2) is 41.3 Å². The van der Waals surface area contributed by atoms with Gasteiger partial charge in [-0.05, 0) is 61.8 Å². The van der Waals surface area contributed by atoms with Crippen LogP contribution in [0.4, 0.5) is 17.3 Å². The summed E-state index contributed by atoms with van der Waals surface area (Å²) in [6, 6.07) is 10.0. The minimum absolute atomic E-state index is 0.0434. The quantitative estimate of drug-likeness (QED) is 0.266. The van der Waals surface area contributed by atoms with E-state index >= 15 is 0 Å². The van der Waals surface area contributed by atoms with Crippen LogP contribution in [0.3, 0.4) is 0 Å². The Morgan fingerprint density at radius 3 is 2.05 bits per heavy atom. The maximum absolute atomic E-state index is 13.3. The summed E-state index contributed by atoms with van der Waals surface area (Å²) in [5.74, 6) is 3.95. The lowest BCUT2D eigenvalue weighted by Gasteiger charge is -2.38. The van der Waals surface area contributed by atoms with Crippen molar-refractivity contribution in [3.63, 3.8) is 0 Å². The number of anilines is 3. The summed E-state index contributed by atoms with van der Waals surface area (Å²) in [7, 11) is 0.205. The molecule has 2 aromatic heterocycles. The van der Waals surface area contributed by atoms with Crippen molar-refractivity contribution < 1.29 is 0 Å². The number of fused-ring (bicyclic) bond motifs is 1. The molecule has 4 rings (SSSR count). The van der Waals surface area contributed by atoms with Crippen molar-refractivity contribution in [2.45, 2.75) is 78.1 Å². The molecule has 1 saturated heterocycles. The highest BCUT2D eigenvalue weighted by Crippen LogP contribution is 2.41. The van der Waals surface area contributed by atoms with E-state index in [4.69, 9.17) is 4.98 Å². The first kappa shape index (κ1) is 29.8. The van der Waals surface area contributed by atoms with Crippen molar-refractivity contribution in [1.82, 2.24) is 19.4 Å². The third kappa shape index (κ3) is 5.96. The molecular weight excluding hydrogens is 512 g/mol. The smallest absolute Gasteiger partial charge is 0.253 e. The maximum Gasteiger partial charge on any atom is 0.253 e. The van der Waals surface area contributed by atoms with Crippen molar-refractivity contribution in [3.05, 3.63) is 52.4 Å². The molecule has 1 fully saturated rings. The third-order valence-electron chi connectivity index (χ3n) is 8.58. The number of likely N-dealkylation sites (N-methyl/N-ethyl adjacent to an activating group) is 1. The lowest BCUT2D eigenvalue weighted by atomic mass is 10.2. The predicted molar refractivity (Wildman–Crippen MR) is 172 cm³/mol. The van der Waals surface area contributed by atoms with Gasteiger partial charge >= 0.3 is 0 Å². The van der Waals surface area contributed by atoms with Gasteiger partial charge in [0.2, 0.25) is 5.95 Å². The third-order valence-corrected chi connectivity index (χ3v) is 14.9. The van der Waals surface area contributed by atoms with Crippen LogP contribution in [0, 0.1) is 11.5 Å². The van der Waals surface area contributed by atoms with Crippen LogP contribution in [0.25, 0.3) is 11.0 Å². The van der Waals surface area contributed by atoms with Crippen LogP contribution < -0.4 is 15.8 Å². The summed E-state index contributed by atoms with van der Waals surface area (Å²) in [5, 5.41) is 4.16. The summed E-state index contributed by atoms with van der Waals surface area (Å²) in [6.45, 7) is 22.0. The summed E-state index contributed by atoms with van der Waals surface area (Å²) >= 11 is 0. The average molecular weight is 559 g/mol. The van der Waals surface area contributed by atoms with Crippen molar-refractivity contribution in [2.75, 3.05) is 43.4 Å². The minimum atomic E-state index is -1.96. The number of nitrogens with zero attached hydrogens (tertiary/aromatic N) is 5. The summed E-state index contributed by atoms with van der Waals surface area (Å²) in [4.78, 5) is 27.6. The normalized spacial score (nSPS) is 14.9. The molecule has 7 nitrogen and oxygen atoms in total. The Balaban J connectivity index is 1.71. The molecule has 0 spiro atoms. The zero-order valence-corrected chi connectivity index (χ0v) is 26.7. The molecule has 214 valence electrons. The van der Waals surface area contributed by atoms with Gasteiger partial charge in [-0.2, -0.15) is 4.98 Å². The number of piperazine rings is 1. The highest BCUT2D eigenvalue weighted by Gasteiger charge is 2.41. The second-order valence-electron chi connectivity index (χ2n) is 12.4. The molecule has 40 heavy (non-hydrogen) atoms. The van der Waals surface area contributed by atoms with Crippen molar-refractivity contribution in [1.29, 1.82) is 0 Å². The zero-order valence-electron chi connectivity index (χ0n) is 25.7. The molecule has 1 aliphatic rings. The minimum Gasteiger partial charge on any atom is -0.369 e. The molecule has 0 saturated carbocycles. The lowest BCUT2D eigenvalue weighted by molar-refractivity contribution is 0.313. The van der Waals surface area contributed by atoms with Gasteiger partial charge in [-0.15, -0.1) is 5.54 Å². The molecule has 0 unspecified atom stereocenters. The first-order valence-corrected chi connectivity index (χ1v) is 16.9. The molecule has 8 heteroatoms. The fourth-order valence-electron chi connectivity index (χ4n) is 6.34. The largest absolute Gasteiger partial charge is 0.369 e. The van der Waals surface area contributed by atoms with E-state index in [1.54, 1.807) is 10.6 Å². The van der Waals surface area contributed by atoms with Gasteiger partial charge in [0, 0.05) is 61.4 Å². The molecule has 3 aromatic rings. The highest BCUT2D eigenvalue weighted by molar-refractivity contribution is 6.90. The van der Waals surface area contributed by atoms with Gasteiger partial charge in [0.25, 0.3) is 5.56 Å². The molecule has 0 amide bonds. The summed E-state index contributed by atoms with van der Waals surface area (Å²) < 4.78 is 1.74. The molecule has 0 bridgehead atoms. The Morgan fingerprint density at radius 2 is 1.50 bits per heavy atom. The van der Waals surface area contributed by atoms with Crippen molar-refractivity contribution in [2.24, 2.45) is 0 Å². The van der Waals surface area contributed by atoms with E-state index in [-0.39, 0.29) is 11.6 Å². The molecule has 1 aliphatic heterocycles. The standard InChI is InChI=1S/C32H46N6OSi/c1-22(2)38-30(39)20-26(14-19-40(23(3)4,24(5)6)25(7)8)29-21-33-32(35-31(29)38)34-27-10-12-28(13-11-27)37-17-15-36(9)16-18-37/h10-13,20-25H,15-18H2,1-9H3,(H,33,34,35). The highest BCUT2D eigenvalue weighted by atomic mass is 28.3. The Kier molecular flexibility index (Phi) is 9.06. The van der Waals surface area contributed by atoms with Gasteiger partial charge in [0.15, 0.2) is 0 Å². The van der Waals surface area contributed by atoms with Crippen LogP contribution in [-0.2, 0) is 0 Å². The van der Waals surface area contributed by atoms with Crippen molar-refractivity contribution in [3.8, 4) is 11.5 Å². The summed E-state index contributed by atoms with van der Waals surface area (Å²) in [5.41, 5.74) is 8.68.